The summed E-state index contributed by atoms with van der Waals surface area (Å²) in [6.07, 6.45) is 3.28. The number of carbonyl (C=O) groups is 1. The molecule has 0 saturated heterocycles. The summed E-state index contributed by atoms with van der Waals surface area (Å²) >= 11 is 0. The fourth-order valence-electron chi connectivity index (χ4n) is 3.08. The maximum Gasteiger partial charge on any atom is 0.335 e. The summed E-state index contributed by atoms with van der Waals surface area (Å²) < 4.78 is 1.37. The molecule has 1 aromatic heterocycles. The first-order valence-electron chi connectivity index (χ1n) is 8.86. The smallest absolute Gasteiger partial charge is 0.335 e. The molecule has 0 aliphatic heterocycles. The Morgan fingerprint density at radius 1 is 0.931 bits per heavy atom. The largest absolute Gasteiger partial charge is 0.507 e. The van der Waals surface area contributed by atoms with Gasteiger partial charge in [-0.25, -0.2) is 9.78 Å². The van der Waals surface area contributed by atoms with E-state index in [0.29, 0.717) is 28.0 Å². The van der Waals surface area contributed by atoms with Crippen LogP contribution in [0.15, 0.2) is 77.6 Å². The molecule has 0 unspecified atom stereocenters. The summed E-state index contributed by atoms with van der Waals surface area (Å²) in [6, 6.07) is 19.9. The van der Waals surface area contributed by atoms with Crippen LogP contribution in [0.25, 0.3) is 28.7 Å². The van der Waals surface area contributed by atoms with Crippen molar-refractivity contribution in [2.24, 2.45) is 0 Å². The highest BCUT2D eigenvalue weighted by Crippen LogP contribution is 2.20. The second kappa shape index (κ2) is 7.44. The van der Waals surface area contributed by atoms with Crippen molar-refractivity contribution >= 4 is 29.0 Å². The van der Waals surface area contributed by atoms with E-state index in [1.807, 2.05) is 0 Å². The lowest BCUT2D eigenvalue weighted by Gasteiger charge is -2.12. The Labute approximate surface area is 165 Å². The van der Waals surface area contributed by atoms with Gasteiger partial charge in [-0.15, -0.1) is 0 Å². The standard InChI is InChI=1S/C23H16N2O4/c26-20-11-4-1-6-15(20)12-13-21-24-19-10-3-2-9-18(19)22(27)25(21)17-8-5-7-16(14-17)23(28)29/h1-14,26H,(H,28,29)/b13-12+. The molecule has 0 aliphatic rings. The Morgan fingerprint density at radius 2 is 1.69 bits per heavy atom. The molecule has 0 atom stereocenters. The predicted molar refractivity (Wildman–Crippen MR) is 111 cm³/mol. The van der Waals surface area contributed by atoms with Crippen molar-refractivity contribution in [3.63, 3.8) is 0 Å². The molecule has 3 aromatic carbocycles. The molecule has 0 spiro atoms. The van der Waals surface area contributed by atoms with Crippen LogP contribution in [-0.2, 0) is 0 Å². The molecule has 0 bridgehead atoms. The average molecular weight is 384 g/mol. The van der Waals surface area contributed by atoms with Crippen molar-refractivity contribution in [3.05, 3.63) is 100 Å². The first-order valence-corrected chi connectivity index (χ1v) is 8.86. The van der Waals surface area contributed by atoms with Crippen molar-refractivity contribution in [2.75, 3.05) is 0 Å². The molecule has 0 amide bonds. The van der Waals surface area contributed by atoms with Crippen LogP contribution in [0.4, 0.5) is 0 Å². The number of para-hydroxylation sites is 2. The minimum absolute atomic E-state index is 0.0678. The summed E-state index contributed by atoms with van der Waals surface area (Å²) in [4.78, 5) is 29.2. The molecule has 0 fully saturated rings. The Hall–Kier alpha value is -4.19. The molecule has 4 rings (SSSR count). The zero-order valence-electron chi connectivity index (χ0n) is 15.2. The molecule has 0 saturated carbocycles. The number of phenolic OH excluding ortho intramolecular Hbond substituents is 1. The first-order chi connectivity index (χ1) is 14.0. The molecule has 0 aliphatic carbocycles. The van der Waals surface area contributed by atoms with Gasteiger partial charge in [-0.1, -0.05) is 36.4 Å². The van der Waals surface area contributed by atoms with Gasteiger partial charge in [0.25, 0.3) is 5.56 Å². The second-order valence-corrected chi connectivity index (χ2v) is 6.38. The number of carboxylic acid groups (broad SMARTS) is 1. The SMILES string of the molecule is O=C(O)c1cccc(-n2c(/C=C/c3ccccc3O)nc3ccccc3c2=O)c1. The molecule has 142 valence electrons. The predicted octanol–water partition coefficient (Wildman–Crippen LogP) is 3.96. The molecule has 2 N–H and O–H groups in total. The summed E-state index contributed by atoms with van der Waals surface area (Å²) in [5, 5.41) is 19.7. The van der Waals surface area contributed by atoms with Gasteiger partial charge in [0.05, 0.1) is 22.2 Å². The van der Waals surface area contributed by atoms with Crippen LogP contribution in [0, 0.1) is 0 Å². The first kappa shape index (κ1) is 18.2. The molecule has 6 nitrogen and oxygen atoms in total. The quantitative estimate of drug-likeness (QED) is 0.556. The topological polar surface area (TPSA) is 92.4 Å². The summed E-state index contributed by atoms with van der Waals surface area (Å²) in [5.41, 5.74) is 1.25. The van der Waals surface area contributed by atoms with Crippen LogP contribution >= 0.6 is 0 Å². The van der Waals surface area contributed by atoms with Crippen LogP contribution in [0.2, 0.25) is 0 Å². The van der Waals surface area contributed by atoms with E-state index in [1.54, 1.807) is 72.8 Å². The third-order valence-corrected chi connectivity index (χ3v) is 4.50. The highest BCUT2D eigenvalue weighted by Gasteiger charge is 2.13. The van der Waals surface area contributed by atoms with Gasteiger partial charge in [0, 0.05) is 5.56 Å². The Morgan fingerprint density at radius 3 is 2.48 bits per heavy atom. The van der Waals surface area contributed by atoms with Crippen LogP contribution in [0.5, 0.6) is 5.75 Å². The number of rotatable bonds is 4. The summed E-state index contributed by atoms with van der Waals surface area (Å²) in [5.74, 6) is -0.661. The summed E-state index contributed by atoms with van der Waals surface area (Å²) in [7, 11) is 0. The fraction of sp³-hybridized carbons (Fsp3) is 0. The molecular formula is C23H16N2O4. The van der Waals surface area contributed by atoms with Gasteiger partial charge < -0.3 is 10.2 Å². The van der Waals surface area contributed by atoms with Crippen molar-refractivity contribution in [3.8, 4) is 11.4 Å². The van der Waals surface area contributed by atoms with Crippen molar-refractivity contribution in [1.29, 1.82) is 0 Å². The zero-order valence-corrected chi connectivity index (χ0v) is 15.2. The van der Waals surface area contributed by atoms with Crippen LogP contribution in [0.3, 0.4) is 0 Å². The average Bonchev–Trinajstić information content (AvgIpc) is 2.73. The molecule has 29 heavy (non-hydrogen) atoms. The number of aromatic nitrogens is 2. The lowest BCUT2D eigenvalue weighted by atomic mass is 10.1. The number of carboxylic acids is 1. The Balaban J connectivity index is 1.97. The minimum atomic E-state index is -1.08. The van der Waals surface area contributed by atoms with E-state index < -0.39 is 5.97 Å². The van der Waals surface area contributed by atoms with Gasteiger partial charge in [0.2, 0.25) is 0 Å². The van der Waals surface area contributed by atoms with Gasteiger partial charge >= 0.3 is 5.97 Å². The third-order valence-electron chi connectivity index (χ3n) is 4.50. The number of aromatic hydroxyl groups is 1. The number of aromatic carboxylic acids is 1. The maximum atomic E-state index is 13.2. The van der Waals surface area contributed by atoms with Gasteiger partial charge in [-0.3, -0.25) is 9.36 Å². The molecule has 1 heterocycles. The van der Waals surface area contributed by atoms with E-state index in [1.165, 1.54) is 16.7 Å². The van der Waals surface area contributed by atoms with Gasteiger partial charge in [0.15, 0.2) is 0 Å². The normalized spacial score (nSPS) is 11.2. The number of phenols is 1. The van der Waals surface area contributed by atoms with Gasteiger partial charge in [0.1, 0.15) is 11.6 Å². The Bertz CT molecular complexity index is 1320. The summed E-state index contributed by atoms with van der Waals surface area (Å²) in [6.45, 7) is 0. The lowest BCUT2D eigenvalue weighted by Crippen LogP contribution is -2.22. The third kappa shape index (κ3) is 3.51. The van der Waals surface area contributed by atoms with E-state index in [-0.39, 0.29) is 16.9 Å². The van der Waals surface area contributed by atoms with E-state index >= 15 is 0 Å². The molecule has 4 aromatic rings. The van der Waals surface area contributed by atoms with Gasteiger partial charge in [-0.2, -0.15) is 0 Å². The van der Waals surface area contributed by atoms with E-state index in [4.69, 9.17) is 0 Å². The molecular weight excluding hydrogens is 368 g/mol. The minimum Gasteiger partial charge on any atom is -0.507 e. The van der Waals surface area contributed by atoms with Crippen molar-refractivity contribution in [1.82, 2.24) is 9.55 Å². The highest BCUT2D eigenvalue weighted by molar-refractivity contribution is 5.88. The second-order valence-electron chi connectivity index (χ2n) is 6.38. The van der Waals surface area contributed by atoms with E-state index in [9.17, 15) is 19.8 Å². The van der Waals surface area contributed by atoms with Crippen LogP contribution < -0.4 is 5.56 Å². The van der Waals surface area contributed by atoms with E-state index in [0.717, 1.165) is 0 Å². The number of fused-ring (bicyclic) bond motifs is 1. The lowest BCUT2D eigenvalue weighted by molar-refractivity contribution is 0.0697. The fourth-order valence-corrected chi connectivity index (χ4v) is 3.08. The zero-order chi connectivity index (χ0) is 20.4. The molecule has 6 heteroatoms. The van der Waals surface area contributed by atoms with Crippen molar-refractivity contribution < 1.29 is 15.0 Å². The van der Waals surface area contributed by atoms with Crippen LogP contribution in [0.1, 0.15) is 21.7 Å². The highest BCUT2D eigenvalue weighted by atomic mass is 16.4. The number of hydrogen-bond acceptors (Lipinski definition) is 4. The van der Waals surface area contributed by atoms with Crippen molar-refractivity contribution in [2.45, 2.75) is 0 Å². The number of nitrogens with zero attached hydrogens (tertiary/aromatic N) is 2. The van der Waals surface area contributed by atoms with E-state index in [2.05, 4.69) is 4.98 Å². The molecule has 0 radical (unpaired) electrons. The van der Waals surface area contributed by atoms with Crippen LogP contribution in [-0.4, -0.2) is 25.7 Å². The monoisotopic (exact) mass is 384 g/mol. The number of hydrogen-bond donors (Lipinski definition) is 2. The maximum absolute atomic E-state index is 13.2. The Kier molecular flexibility index (Phi) is 4.66. The van der Waals surface area contributed by atoms with Gasteiger partial charge in [-0.05, 0) is 48.6 Å². The number of benzene rings is 3.